The topological polar surface area (TPSA) is 61.4 Å². The highest BCUT2D eigenvalue weighted by Gasteiger charge is 2.27. The van der Waals surface area contributed by atoms with Crippen molar-refractivity contribution in [1.82, 2.24) is 14.9 Å². The second kappa shape index (κ2) is 9.53. The van der Waals surface area contributed by atoms with Gasteiger partial charge in [-0.25, -0.2) is 9.97 Å². The molecule has 1 aromatic carbocycles. The first-order valence-corrected chi connectivity index (χ1v) is 10.4. The second-order valence-electron chi connectivity index (χ2n) is 7.17. The lowest BCUT2D eigenvalue weighted by atomic mass is 9.99. The molecule has 1 amide bonds. The zero-order valence-electron chi connectivity index (χ0n) is 17.2. The van der Waals surface area contributed by atoms with Crippen LogP contribution in [0.15, 0.2) is 36.5 Å². The Morgan fingerprint density at radius 1 is 1.14 bits per heavy atom. The molecule has 1 atom stereocenters. The molecule has 6 heteroatoms. The Bertz CT molecular complexity index is 773. The van der Waals surface area contributed by atoms with E-state index in [0.717, 1.165) is 44.6 Å². The molecule has 1 aliphatic heterocycles. The number of rotatable bonds is 7. The summed E-state index contributed by atoms with van der Waals surface area (Å²) in [7, 11) is 0. The van der Waals surface area contributed by atoms with Crippen LogP contribution in [0.4, 0.5) is 17.3 Å². The van der Waals surface area contributed by atoms with Gasteiger partial charge in [0.1, 0.15) is 5.69 Å². The molecule has 0 radical (unpaired) electrons. The van der Waals surface area contributed by atoms with Gasteiger partial charge in [0.05, 0.1) is 0 Å². The average molecular weight is 382 g/mol. The highest BCUT2D eigenvalue weighted by atomic mass is 16.2. The van der Waals surface area contributed by atoms with E-state index in [4.69, 9.17) is 0 Å². The molecule has 1 aromatic heterocycles. The summed E-state index contributed by atoms with van der Waals surface area (Å²) in [5.74, 6) is 0.459. The minimum absolute atomic E-state index is 0.00822. The quantitative estimate of drug-likeness (QED) is 0.767. The van der Waals surface area contributed by atoms with E-state index < -0.39 is 0 Å². The highest BCUT2D eigenvalue weighted by molar-refractivity contribution is 5.92. The Hall–Kier alpha value is -2.63. The SMILES string of the molecule is CCC1CCCCN1C(=O)c1ccnc(Nc2ccc(N(CC)CC)cc2)n1. The fourth-order valence-electron chi connectivity index (χ4n) is 3.85. The number of piperidine rings is 1. The van der Waals surface area contributed by atoms with Gasteiger partial charge in [-0.3, -0.25) is 4.79 Å². The van der Waals surface area contributed by atoms with E-state index in [0.29, 0.717) is 17.7 Å². The third-order valence-electron chi connectivity index (χ3n) is 5.49. The van der Waals surface area contributed by atoms with Gasteiger partial charge in [0.25, 0.3) is 5.91 Å². The largest absolute Gasteiger partial charge is 0.372 e. The van der Waals surface area contributed by atoms with Crippen LogP contribution in [0, 0.1) is 0 Å². The number of hydrogen-bond donors (Lipinski definition) is 1. The normalized spacial score (nSPS) is 16.7. The van der Waals surface area contributed by atoms with Gasteiger partial charge in [-0.1, -0.05) is 6.92 Å². The molecule has 0 spiro atoms. The van der Waals surface area contributed by atoms with Crippen LogP contribution < -0.4 is 10.2 Å². The molecular weight excluding hydrogens is 350 g/mol. The number of amides is 1. The van der Waals surface area contributed by atoms with Gasteiger partial charge in [0.15, 0.2) is 0 Å². The maximum Gasteiger partial charge on any atom is 0.272 e. The van der Waals surface area contributed by atoms with Crippen molar-refractivity contribution in [3.8, 4) is 0 Å². The highest BCUT2D eigenvalue weighted by Crippen LogP contribution is 2.22. The van der Waals surface area contributed by atoms with Crippen LogP contribution in [0.5, 0.6) is 0 Å². The smallest absolute Gasteiger partial charge is 0.272 e. The minimum atomic E-state index is 0.00822. The number of anilines is 3. The van der Waals surface area contributed by atoms with Crippen LogP contribution in [0.25, 0.3) is 0 Å². The minimum Gasteiger partial charge on any atom is -0.372 e. The van der Waals surface area contributed by atoms with E-state index in [-0.39, 0.29) is 5.91 Å². The van der Waals surface area contributed by atoms with Gasteiger partial charge >= 0.3 is 0 Å². The Balaban J connectivity index is 1.72. The van der Waals surface area contributed by atoms with Crippen LogP contribution in [0.3, 0.4) is 0 Å². The monoisotopic (exact) mass is 381 g/mol. The molecule has 1 fully saturated rings. The number of carbonyl (C=O) groups is 1. The Kier molecular flexibility index (Phi) is 6.85. The second-order valence-corrected chi connectivity index (χ2v) is 7.17. The number of likely N-dealkylation sites (tertiary alicyclic amines) is 1. The fraction of sp³-hybridized carbons (Fsp3) is 0.500. The summed E-state index contributed by atoms with van der Waals surface area (Å²) in [6, 6.07) is 10.2. The van der Waals surface area contributed by atoms with Crippen molar-refractivity contribution >= 4 is 23.2 Å². The van der Waals surface area contributed by atoms with Crippen molar-refractivity contribution in [2.75, 3.05) is 29.9 Å². The molecular formula is C22H31N5O. The van der Waals surface area contributed by atoms with Crippen molar-refractivity contribution in [2.24, 2.45) is 0 Å². The lowest BCUT2D eigenvalue weighted by molar-refractivity contribution is 0.0602. The van der Waals surface area contributed by atoms with Crippen molar-refractivity contribution in [2.45, 2.75) is 52.5 Å². The summed E-state index contributed by atoms with van der Waals surface area (Å²) >= 11 is 0. The molecule has 1 N–H and O–H groups in total. The van der Waals surface area contributed by atoms with Crippen molar-refractivity contribution < 1.29 is 4.79 Å². The van der Waals surface area contributed by atoms with Crippen molar-refractivity contribution in [3.63, 3.8) is 0 Å². The summed E-state index contributed by atoms with van der Waals surface area (Å²) in [5.41, 5.74) is 2.55. The van der Waals surface area contributed by atoms with Crippen LogP contribution in [0.1, 0.15) is 56.9 Å². The molecule has 6 nitrogen and oxygen atoms in total. The molecule has 0 bridgehead atoms. The molecule has 150 valence electrons. The number of hydrogen-bond acceptors (Lipinski definition) is 5. The average Bonchev–Trinajstić information content (AvgIpc) is 2.75. The zero-order valence-corrected chi connectivity index (χ0v) is 17.2. The fourth-order valence-corrected chi connectivity index (χ4v) is 3.85. The third-order valence-corrected chi connectivity index (χ3v) is 5.49. The predicted octanol–water partition coefficient (Wildman–Crippen LogP) is 4.47. The number of nitrogens with zero attached hydrogens (tertiary/aromatic N) is 4. The summed E-state index contributed by atoms with van der Waals surface area (Å²) in [6.07, 6.45) is 5.98. The van der Waals surface area contributed by atoms with E-state index in [2.05, 4.69) is 53.1 Å². The van der Waals surface area contributed by atoms with Crippen LogP contribution in [-0.2, 0) is 0 Å². The summed E-state index contributed by atoms with van der Waals surface area (Å²) in [4.78, 5) is 26.0. The van der Waals surface area contributed by atoms with Gasteiger partial charge in [0.2, 0.25) is 5.95 Å². The molecule has 3 rings (SSSR count). The van der Waals surface area contributed by atoms with E-state index in [1.165, 1.54) is 12.1 Å². The van der Waals surface area contributed by atoms with Gasteiger partial charge in [-0.2, -0.15) is 0 Å². The van der Waals surface area contributed by atoms with Gasteiger partial charge in [-0.15, -0.1) is 0 Å². The maximum atomic E-state index is 13.0. The molecule has 1 aliphatic rings. The Labute approximate surface area is 168 Å². The van der Waals surface area contributed by atoms with Gasteiger partial charge < -0.3 is 15.1 Å². The zero-order chi connectivity index (χ0) is 19.9. The Morgan fingerprint density at radius 3 is 2.57 bits per heavy atom. The molecule has 2 heterocycles. The number of nitrogens with one attached hydrogen (secondary N) is 1. The number of benzene rings is 1. The lowest BCUT2D eigenvalue weighted by Crippen LogP contribution is -2.43. The van der Waals surface area contributed by atoms with E-state index in [1.807, 2.05) is 17.0 Å². The molecule has 0 aliphatic carbocycles. The summed E-state index contributed by atoms with van der Waals surface area (Å²) in [5, 5.41) is 3.22. The number of carbonyl (C=O) groups excluding carboxylic acids is 1. The first-order valence-electron chi connectivity index (χ1n) is 10.4. The van der Waals surface area contributed by atoms with Gasteiger partial charge in [0, 0.05) is 43.2 Å². The predicted molar refractivity (Wildman–Crippen MR) is 114 cm³/mol. The molecule has 1 saturated heterocycles. The van der Waals surface area contributed by atoms with Crippen LogP contribution in [-0.4, -0.2) is 46.5 Å². The summed E-state index contributed by atoms with van der Waals surface area (Å²) < 4.78 is 0. The molecule has 0 saturated carbocycles. The van der Waals surface area contributed by atoms with Crippen molar-refractivity contribution in [3.05, 3.63) is 42.2 Å². The van der Waals surface area contributed by atoms with E-state index >= 15 is 0 Å². The van der Waals surface area contributed by atoms with E-state index in [1.54, 1.807) is 12.3 Å². The van der Waals surface area contributed by atoms with Crippen LogP contribution in [0.2, 0.25) is 0 Å². The standard InChI is InChI=1S/C22H31N5O/c1-4-18-9-7-8-16-27(18)21(28)20-14-15-23-22(25-20)24-17-10-12-19(13-11-17)26(5-2)6-3/h10-15,18H,4-9,16H2,1-3H3,(H,23,24,25). The van der Waals surface area contributed by atoms with Gasteiger partial charge in [-0.05, 0) is 69.9 Å². The molecule has 28 heavy (non-hydrogen) atoms. The van der Waals surface area contributed by atoms with Crippen molar-refractivity contribution in [1.29, 1.82) is 0 Å². The van der Waals surface area contributed by atoms with Crippen LogP contribution >= 0.6 is 0 Å². The lowest BCUT2D eigenvalue weighted by Gasteiger charge is -2.35. The number of aromatic nitrogens is 2. The Morgan fingerprint density at radius 2 is 1.89 bits per heavy atom. The molecule has 1 unspecified atom stereocenters. The maximum absolute atomic E-state index is 13.0. The molecule has 2 aromatic rings. The van der Waals surface area contributed by atoms with E-state index in [9.17, 15) is 4.79 Å². The summed E-state index contributed by atoms with van der Waals surface area (Å²) in [6.45, 7) is 9.22. The first-order chi connectivity index (χ1) is 13.7. The third kappa shape index (κ3) is 4.61. The first kappa shape index (κ1) is 20.1.